The standard InChI is InChI=1S/C16H25NO/c1-5-16(4)10-14(17-11-12(2)3)13-8-6-7-9-15(13)18-16/h6-9,12,14,17H,5,10-11H2,1-4H3. The van der Waals surface area contributed by atoms with Crippen molar-refractivity contribution in [2.24, 2.45) is 5.92 Å². The molecular weight excluding hydrogens is 222 g/mol. The first-order valence-corrected chi connectivity index (χ1v) is 7.05. The van der Waals surface area contributed by atoms with E-state index in [4.69, 9.17) is 4.74 Å². The summed E-state index contributed by atoms with van der Waals surface area (Å²) in [6.07, 6.45) is 2.09. The molecule has 0 bridgehead atoms. The second-order valence-corrected chi connectivity index (χ2v) is 6.00. The van der Waals surface area contributed by atoms with Crippen LogP contribution in [-0.2, 0) is 0 Å². The van der Waals surface area contributed by atoms with Crippen molar-refractivity contribution in [1.82, 2.24) is 5.32 Å². The van der Waals surface area contributed by atoms with Gasteiger partial charge in [0.1, 0.15) is 11.4 Å². The highest BCUT2D eigenvalue weighted by atomic mass is 16.5. The lowest BCUT2D eigenvalue weighted by Gasteiger charge is -2.40. The van der Waals surface area contributed by atoms with E-state index >= 15 is 0 Å². The lowest BCUT2D eigenvalue weighted by atomic mass is 9.86. The van der Waals surface area contributed by atoms with Gasteiger partial charge in [-0.2, -0.15) is 0 Å². The maximum absolute atomic E-state index is 6.17. The van der Waals surface area contributed by atoms with E-state index in [1.807, 2.05) is 0 Å². The Morgan fingerprint density at radius 1 is 1.39 bits per heavy atom. The third-order valence-electron chi connectivity index (χ3n) is 3.81. The third-order valence-corrected chi connectivity index (χ3v) is 3.81. The number of hydrogen-bond acceptors (Lipinski definition) is 2. The molecule has 1 aliphatic rings. The number of benzene rings is 1. The maximum Gasteiger partial charge on any atom is 0.124 e. The zero-order chi connectivity index (χ0) is 13.2. The van der Waals surface area contributed by atoms with Gasteiger partial charge in [0.2, 0.25) is 0 Å². The first-order chi connectivity index (χ1) is 8.54. The monoisotopic (exact) mass is 247 g/mol. The Bertz CT molecular complexity index is 402. The summed E-state index contributed by atoms with van der Waals surface area (Å²) in [4.78, 5) is 0. The number of hydrogen-bond donors (Lipinski definition) is 1. The van der Waals surface area contributed by atoms with Crippen LogP contribution in [0.15, 0.2) is 24.3 Å². The van der Waals surface area contributed by atoms with E-state index in [-0.39, 0.29) is 5.60 Å². The number of para-hydroxylation sites is 1. The fourth-order valence-electron chi connectivity index (χ4n) is 2.49. The quantitative estimate of drug-likeness (QED) is 0.870. The maximum atomic E-state index is 6.17. The van der Waals surface area contributed by atoms with Crippen molar-refractivity contribution < 1.29 is 4.74 Å². The second-order valence-electron chi connectivity index (χ2n) is 6.00. The van der Waals surface area contributed by atoms with Gasteiger partial charge in [-0.25, -0.2) is 0 Å². The van der Waals surface area contributed by atoms with E-state index in [9.17, 15) is 0 Å². The molecule has 0 aliphatic carbocycles. The molecule has 0 radical (unpaired) electrons. The molecule has 2 nitrogen and oxygen atoms in total. The molecule has 100 valence electrons. The zero-order valence-electron chi connectivity index (χ0n) is 12.0. The second kappa shape index (κ2) is 5.31. The molecule has 1 aromatic carbocycles. The van der Waals surface area contributed by atoms with Gasteiger partial charge in [0.25, 0.3) is 0 Å². The van der Waals surface area contributed by atoms with Crippen molar-refractivity contribution in [2.75, 3.05) is 6.54 Å². The Labute approximate surface area is 111 Å². The van der Waals surface area contributed by atoms with Crippen LogP contribution >= 0.6 is 0 Å². The third kappa shape index (κ3) is 2.86. The molecule has 0 saturated heterocycles. The number of rotatable bonds is 4. The van der Waals surface area contributed by atoms with E-state index in [2.05, 4.69) is 57.3 Å². The van der Waals surface area contributed by atoms with Gasteiger partial charge in [-0.3, -0.25) is 0 Å². The van der Waals surface area contributed by atoms with Gasteiger partial charge in [0, 0.05) is 18.0 Å². The molecule has 1 aliphatic heterocycles. The van der Waals surface area contributed by atoms with Gasteiger partial charge in [-0.15, -0.1) is 0 Å². The van der Waals surface area contributed by atoms with Crippen LogP contribution in [0, 0.1) is 5.92 Å². The van der Waals surface area contributed by atoms with E-state index in [0.717, 1.165) is 25.1 Å². The SMILES string of the molecule is CCC1(C)CC(NCC(C)C)c2ccccc2O1. The van der Waals surface area contributed by atoms with Gasteiger partial charge >= 0.3 is 0 Å². The summed E-state index contributed by atoms with van der Waals surface area (Å²) in [5.74, 6) is 1.72. The molecule has 1 N–H and O–H groups in total. The van der Waals surface area contributed by atoms with E-state index < -0.39 is 0 Å². The Morgan fingerprint density at radius 2 is 2.11 bits per heavy atom. The topological polar surface area (TPSA) is 21.3 Å². The molecule has 0 amide bonds. The fourth-order valence-corrected chi connectivity index (χ4v) is 2.49. The zero-order valence-corrected chi connectivity index (χ0v) is 12.0. The summed E-state index contributed by atoms with van der Waals surface area (Å²) in [5.41, 5.74) is 1.27. The fraction of sp³-hybridized carbons (Fsp3) is 0.625. The summed E-state index contributed by atoms with van der Waals surface area (Å²) in [7, 11) is 0. The molecule has 1 aromatic rings. The van der Waals surface area contributed by atoms with Crippen molar-refractivity contribution >= 4 is 0 Å². The van der Waals surface area contributed by atoms with Gasteiger partial charge in [-0.1, -0.05) is 39.0 Å². The first-order valence-electron chi connectivity index (χ1n) is 7.05. The van der Waals surface area contributed by atoms with Crippen LogP contribution in [0.5, 0.6) is 5.75 Å². The van der Waals surface area contributed by atoms with Gasteiger partial charge < -0.3 is 10.1 Å². The van der Waals surface area contributed by atoms with Gasteiger partial charge in [0.15, 0.2) is 0 Å². The van der Waals surface area contributed by atoms with Crippen molar-refractivity contribution in [1.29, 1.82) is 0 Å². The molecule has 0 aromatic heterocycles. The van der Waals surface area contributed by atoms with Crippen molar-refractivity contribution in [2.45, 2.75) is 52.2 Å². The molecule has 0 spiro atoms. The summed E-state index contributed by atoms with van der Waals surface area (Å²) in [6, 6.07) is 8.85. The molecule has 2 atom stereocenters. The van der Waals surface area contributed by atoms with Crippen LogP contribution in [0.25, 0.3) is 0 Å². The summed E-state index contributed by atoms with van der Waals surface area (Å²) in [6.45, 7) is 9.97. The van der Waals surface area contributed by atoms with E-state index in [0.29, 0.717) is 12.0 Å². The molecular formula is C16H25NO. The highest BCUT2D eigenvalue weighted by Gasteiger charge is 2.35. The molecule has 0 saturated carbocycles. The molecule has 2 unspecified atom stereocenters. The Morgan fingerprint density at radius 3 is 2.78 bits per heavy atom. The minimum absolute atomic E-state index is 0.0387. The van der Waals surface area contributed by atoms with Crippen molar-refractivity contribution in [3.05, 3.63) is 29.8 Å². The number of ether oxygens (including phenoxy) is 1. The Kier molecular flexibility index (Phi) is 3.96. The molecule has 18 heavy (non-hydrogen) atoms. The smallest absolute Gasteiger partial charge is 0.124 e. The average Bonchev–Trinajstić information content (AvgIpc) is 2.35. The largest absolute Gasteiger partial charge is 0.487 e. The highest BCUT2D eigenvalue weighted by molar-refractivity contribution is 5.38. The van der Waals surface area contributed by atoms with Crippen LogP contribution in [0.4, 0.5) is 0 Å². The van der Waals surface area contributed by atoms with Crippen LogP contribution in [0.3, 0.4) is 0 Å². The van der Waals surface area contributed by atoms with Gasteiger partial charge in [-0.05, 0) is 31.9 Å². The minimum atomic E-state index is -0.0387. The molecule has 0 fully saturated rings. The van der Waals surface area contributed by atoms with E-state index in [1.165, 1.54) is 5.56 Å². The summed E-state index contributed by atoms with van der Waals surface area (Å²) in [5, 5.41) is 3.69. The van der Waals surface area contributed by atoms with Crippen LogP contribution in [0.2, 0.25) is 0 Å². The van der Waals surface area contributed by atoms with E-state index in [1.54, 1.807) is 0 Å². The predicted octanol–water partition coefficient (Wildman–Crippen LogP) is 3.92. The van der Waals surface area contributed by atoms with Crippen LogP contribution in [0.1, 0.15) is 52.1 Å². The summed E-state index contributed by atoms with van der Waals surface area (Å²) < 4.78 is 6.17. The lowest BCUT2D eigenvalue weighted by Crippen LogP contribution is -2.42. The number of nitrogens with one attached hydrogen (secondary N) is 1. The van der Waals surface area contributed by atoms with Gasteiger partial charge in [0.05, 0.1) is 0 Å². The molecule has 2 rings (SSSR count). The Hall–Kier alpha value is -1.02. The van der Waals surface area contributed by atoms with Crippen LogP contribution in [-0.4, -0.2) is 12.1 Å². The first kappa shape index (κ1) is 13.4. The Balaban J connectivity index is 2.22. The molecule has 1 heterocycles. The minimum Gasteiger partial charge on any atom is -0.487 e. The summed E-state index contributed by atoms with van der Waals surface area (Å²) >= 11 is 0. The number of fused-ring (bicyclic) bond motifs is 1. The lowest BCUT2D eigenvalue weighted by molar-refractivity contribution is 0.0438. The van der Waals surface area contributed by atoms with Crippen LogP contribution < -0.4 is 10.1 Å². The average molecular weight is 247 g/mol. The van der Waals surface area contributed by atoms with Crippen molar-refractivity contribution in [3.63, 3.8) is 0 Å². The normalized spacial score (nSPS) is 26.8. The molecule has 2 heteroatoms. The highest BCUT2D eigenvalue weighted by Crippen LogP contribution is 2.40. The predicted molar refractivity (Wildman–Crippen MR) is 76.0 cm³/mol. The van der Waals surface area contributed by atoms with Crippen molar-refractivity contribution in [3.8, 4) is 5.75 Å².